The first-order valence-corrected chi connectivity index (χ1v) is 6.93. The lowest BCUT2D eigenvalue weighted by atomic mass is 10.0. The van der Waals surface area contributed by atoms with E-state index in [1.807, 2.05) is 6.07 Å². The summed E-state index contributed by atoms with van der Waals surface area (Å²) in [4.78, 5) is 13.7. The van der Waals surface area contributed by atoms with E-state index in [1.165, 1.54) is 5.56 Å². The number of halogens is 2. The molecule has 1 aliphatic rings. The molecule has 0 spiro atoms. The van der Waals surface area contributed by atoms with Crippen LogP contribution in [0.5, 0.6) is 0 Å². The lowest BCUT2D eigenvalue weighted by molar-refractivity contribution is -0.119. The average molecular weight is 303 g/mol. The lowest BCUT2D eigenvalue weighted by Gasteiger charge is -2.33. The van der Waals surface area contributed by atoms with Gasteiger partial charge in [-0.1, -0.05) is 30.3 Å². The molecule has 1 aliphatic heterocycles. The Morgan fingerprint density at radius 2 is 2.11 bits per heavy atom. The Bertz CT molecular complexity index is 386. The molecule has 1 atom stereocenters. The largest absolute Gasteiger partial charge is 0.351 e. The third-order valence-electron chi connectivity index (χ3n) is 3.24. The predicted molar refractivity (Wildman–Crippen MR) is 80.9 cm³/mol. The van der Waals surface area contributed by atoms with Gasteiger partial charge in [-0.3, -0.25) is 9.69 Å². The Balaban J connectivity index is 0.00000180. The number of carbonyl (C=O) groups excluding carboxylic acids is 1. The molecule has 19 heavy (non-hydrogen) atoms. The molecule has 1 heterocycles. The smallest absolute Gasteiger partial charge is 0.235 e. The summed E-state index contributed by atoms with van der Waals surface area (Å²) >= 11 is 5.51. The normalized spacial score (nSPS) is 19.5. The maximum absolute atomic E-state index is 11.3. The summed E-state index contributed by atoms with van der Waals surface area (Å²) in [6.07, 6.45) is 2.17. The summed E-state index contributed by atoms with van der Waals surface area (Å²) in [5.74, 6) is -0.0157. The van der Waals surface area contributed by atoms with Gasteiger partial charge < -0.3 is 5.32 Å². The second-order valence-corrected chi connectivity index (χ2v) is 5.03. The van der Waals surface area contributed by atoms with E-state index in [0.717, 1.165) is 32.5 Å². The van der Waals surface area contributed by atoms with E-state index < -0.39 is 0 Å². The Hall–Kier alpha value is -0.770. The summed E-state index contributed by atoms with van der Waals surface area (Å²) in [7, 11) is 0. The van der Waals surface area contributed by atoms with Crippen molar-refractivity contribution in [2.24, 2.45) is 0 Å². The van der Waals surface area contributed by atoms with Gasteiger partial charge in [-0.2, -0.15) is 0 Å². The molecular formula is C14H20Cl2N2O. The summed E-state index contributed by atoms with van der Waals surface area (Å²) in [5.41, 5.74) is 1.32. The van der Waals surface area contributed by atoms with Crippen molar-refractivity contribution in [3.8, 4) is 0 Å². The maximum Gasteiger partial charge on any atom is 0.235 e. The number of benzene rings is 1. The number of piperidine rings is 1. The number of likely N-dealkylation sites (tertiary alicyclic amines) is 1. The molecule has 0 aromatic heterocycles. The second kappa shape index (κ2) is 8.41. The quantitative estimate of drug-likeness (QED) is 0.867. The van der Waals surface area contributed by atoms with Crippen LogP contribution in [0.1, 0.15) is 18.4 Å². The molecule has 1 unspecified atom stereocenters. The number of nitrogens with one attached hydrogen (secondary N) is 1. The van der Waals surface area contributed by atoms with E-state index in [1.54, 1.807) is 0 Å². The first-order valence-electron chi connectivity index (χ1n) is 6.39. The molecule has 1 N–H and O–H groups in total. The van der Waals surface area contributed by atoms with Crippen molar-refractivity contribution in [2.45, 2.75) is 25.4 Å². The summed E-state index contributed by atoms with van der Waals surface area (Å²) in [6.45, 7) is 2.97. The minimum atomic E-state index is -0.0665. The fourth-order valence-electron chi connectivity index (χ4n) is 2.42. The molecule has 0 bridgehead atoms. The number of hydrogen-bond donors (Lipinski definition) is 1. The van der Waals surface area contributed by atoms with E-state index in [-0.39, 0.29) is 30.2 Å². The van der Waals surface area contributed by atoms with E-state index in [4.69, 9.17) is 11.6 Å². The van der Waals surface area contributed by atoms with Crippen molar-refractivity contribution < 1.29 is 4.79 Å². The SMILES string of the molecule is Cl.O=C(CCl)NC1CCCN(Cc2ccccc2)C1. The van der Waals surface area contributed by atoms with Crippen molar-refractivity contribution >= 4 is 29.9 Å². The Morgan fingerprint density at radius 3 is 2.79 bits per heavy atom. The van der Waals surface area contributed by atoms with E-state index in [0.29, 0.717) is 0 Å². The highest BCUT2D eigenvalue weighted by Gasteiger charge is 2.20. The van der Waals surface area contributed by atoms with Gasteiger partial charge in [0, 0.05) is 19.1 Å². The fourth-order valence-corrected chi connectivity index (χ4v) is 2.50. The Kier molecular flexibility index (Phi) is 7.21. The van der Waals surface area contributed by atoms with Gasteiger partial charge in [0.05, 0.1) is 0 Å². The van der Waals surface area contributed by atoms with Crippen molar-refractivity contribution in [3.63, 3.8) is 0 Å². The number of amides is 1. The lowest BCUT2D eigenvalue weighted by Crippen LogP contribution is -2.47. The van der Waals surface area contributed by atoms with Gasteiger partial charge in [-0.25, -0.2) is 0 Å². The molecule has 1 aromatic rings. The fraction of sp³-hybridized carbons (Fsp3) is 0.500. The van der Waals surface area contributed by atoms with Crippen LogP contribution < -0.4 is 5.32 Å². The molecule has 1 aromatic carbocycles. The zero-order chi connectivity index (χ0) is 12.8. The van der Waals surface area contributed by atoms with Crippen LogP contribution in [0.4, 0.5) is 0 Å². The van der Waals surface area contributed by atoms with Crippen LogP contribution in [0.3, 0.4) is 0 Å². The van der Waals surface area contributed by atoms with Gasteiger partial charge >= 0.3 is 0 Å². The zero-order valence-electron chi connectivity index (χ0n) is 10.8. The van der Waals surface area contributed by atoms with Crippen LogP contribution in [0, 0.1) is 0 Å². The summed E-state index contributed by atoms with van der Waals surface area (Å²) in [5, 5.41) is 2.97. The summed E-state index contributed by atoms with van der Waals surface area (Å²) in [6, 6.07) is 10.7. The number of alkyl halides is 1. The maximum atomic E-state index is 11.3. The van der Waals surface area contributed by atoms with Gasteiger partial charge in [-0.15, -0.1) is 24.0 Å². The van der Waals surface area contributed by atoms with Gasteiger partial charge in [0.15, 0.2) is 0 Å². The summed E-state index contributed by atoms with van der Waals surface area (Å²) < 4.78 is 0. The van der Waals surface area contributed by atoms with Crippen LogP contribution in [0.15, 0.2) is 30.3 Å². The standard InChI is InChI=1S/C14H19ClN2O.ClH/c15-9-14(18)16-13-7-4-8-17(11-13)10-12-5-2-1-3-6-12;/h1-3,5-6,13H,4,7-11H2,(H,16,18);1H. The molecule has 0 radical (unpaired) electrons. The predicted octanol–water partition coefficient (Wildman–Crippen LogP) is 2.43. The van der Waals surface area contributed by atoms with Crippen molar-refractivity contribution in [1.29, 1.82) is 0 Å². The monoisotopic (exact) mass is 302 g/mol. The van der Waals surface area contributed by atoms with E-state index in [9.17, 15) is 4.79 Å². The third-order valence-corrected chi connectivity index (χ3v) is 3.48. The van der Waals surface area contributed by atoms with Crippen LogP contribution >= 0.6 is 24.0 Å². The van der Waals surface area contributed by atoms with Gasteiger partial charge in [0.1, 0.15) is 5.88 Å². The minimum absolute atomic E-state index is 0. The first kappa shape index (κ1) is 16.3. The van der Waals surface area contributed by atoms with Crippen molar-refractivity contribution in [3.05, 3.63) is 35.9 Å². The number of hydrogen-bond acceptors (Lipinski definition) is 2. The highest BCUT2D eigenvalue weighted by atomic mass is 35.5. The zero-order valence-corrected chi connectivity index (χ0v) is 12.4. The molecule has 5 heteroatoms. The average Bonchev–Trinajstić information content (AvgIpc) is 2.40. The van der Waals surface area contributed by atoms with Crippen LogP contribution in [-0.4, -0.2) is 35.8 Å². The highest BCUT2D eigenvalue weighted by molar-refractivity contribution is 6.27. The molecule has 0 saturated carbocycles. The number of carbonyl (C=O) groups is 1. The molecule has 2 rings (SSSR count). The molecule has 0 aliphatic carbocycles. The molecule has 3 nitrogen and oxygen atoms in total. The van der Waals surface area contributed by atoms with Crippen LogP contribution in [0.25, 0.3) is 0 Å². The van der Waals surface area contributed by atoms with Gasteiger partial charge in [0.2, 0.25) is 5.91 Å². The topological polar surface area (TPSA) is 32.3 Å². The van der Waals surface area contributed by atoms with Crippen molar-refractivity contribution in [2.75, 3.05) is 19.0 Å². The molecule has 1 amide bonds. The third kappa shape index (κ3) is 5.39. The number of rotatable bonds is 4. The van der Waals surface area contributed by atoms with E-state index in [2.05, 4.69) is 34.5 Å². The minimum Gasteiger partial charge on any atom is -0.351 e. The van der Waals surface area contributed by atoms with Crippen molar-refractivity contribution in [1.82, 2.24) is 10.2 Å². The Morgan fingerprint density at radius 1 is 1.37 bits per heavy atom. The highest BCUT2D eigenvalue weighted by Crippen LogP contribution is 2.13. The molecule has 1 fully saturated rings. The van der Waals surface area contributed by atoms with Crippen LogP contribution in [-0.2, 0) is 11.3 Å². The molecule has 106 valence electrons. The number of nitrogens with zero attached hydrogens (tertiary/aromatic N) is 1. The van der Waals surface area contributed by atoms with Gasteiger partial charge in [0.25, 0.3) is 0 Å². The second-order valence-electron chi connectivity index (χ2n) is 4.76. The molecular weight excluding hydrogens is 283 g/mol. The first-order chi connectivity index (χ1) is 8.78. The molecule has 1 saturated heterocycles. The van der Waals surface area contributed by atoms with Crippen LogP contribution in [0.2, 0.25) is 0 Å². The van der Waals surface area contributed by atoms with Gasteiger partial charge in [-0.05, 0) is 24.9 Å². The Labute approximate surface area is 125 Å². The van der Waals surface area contributed by atoms with E-state index >= 15 is 0 Å².